The highest BCUT2D eigenvalue weighted by atomic mass is 16.3. The lowest BCUT2D eigenvalue weighted by Gasteiger charge is -2.06. The summed E-state index contributed by atoms with van der Waals surface area (Å²) in [6, 6.07) is 17.9. The van der Waals surface area contributed by atoms with Crippen molar-refractivity contribution in [2.24, 2.45) is 0 Å². The number of nitrogens with zero attached hydrogens (tertiary/aromatic N) is 2. The summed E-state index contributed by atoms with van der Waals surface area (Å²) in [5, 5.41) is 9.52. The van der Waals surface area contributed by atoms with Crippen molar-refractivity contribution in [1.29, 1.82) is 0 Å². The molecule has 0 fully saturated rings. The van der Waals surface area contributed by atoms with Crippen molar-refractivity contribution < 1.29 is 5.11 Å². The molecule has 0 aliphatic rings. The molecule has 0 radical (unpaired) electrons. The van der Waals surface area contributed by atoms with Gasteiger partial charge in [0, 0.05) is 17.4 Å². The lowest BCUT2D eigenvalue weighted by Crippen LogP contribution is -1.93. The van der Waals surface area contributed by atoms with Crippen LogP contribution in [0.2, 0.25) is 0 Å². The third-order valence-corrected chi connectivity index (χ3v) is 3.33. The lowest BCUT2D eigenvalue weighted by atomic mass is 10.1. The fourth-order valence-corrected chi connectivity index (χ4v) is 2.15. The summed E-state index contributed by atoms with van der Waals surface area (Å²) >= 11 is 0. The topological polar surface area (TPSA) is 38.0 Å². The van der Waals surface area contributed by atoms with E-state index in [1.165, 1.54) is 0 Å². The molecule has 1 aromatic heterocycles. The third-order valence-electron chi connectivity index (χ3n) is 3.33. The van der Waals surface area contributed by atoms with E-state index in [-0.39, 0.29) is 0 Å². The van der Waals surface area contributed by atoms with Crippen LogP contribution in [0.5, 0.6) is 0 Å². The Bertz CT molecular complexity index is 685. The maximum absolute atomic E-state index is 9.52. The SMILES string of the molecule is CC(O)c1ccc(-n2cnc(-c3ccccc3)c2)cc1. The number of benzene rings is 2. The molecule has 1 atom stereocenters. The second-order valence-electron chi connectivity index (χ2n) is 4.80. The van der Waals surface area contributed by atoms with Crippen molar-refractivity contribution in [2.45, 2.75) is 13.0 Å². The van der Waals surface area contributed by atoms with Crippen molar-refractivity contribution in [3.05, 3.63) is 72.7 Å². The molecule has 3 rings (SSSR count). The summed E-state index contributed by atoms with van der Waals surface area (Å²) in [4.78, 5) is 4.43. The van der Waals surface area contributed by atoms with Crippen molar-refractivity contribution >= 4 is 0 Å². The van der Waals surface area contributed by atoms with Gasteiger partial charge in [-0.05, 0) is 24.6 Å². The van der Waals surface area contributed by atoms with E-state index in [0.29, 0.717) is 0 Å². The molecule has 0 saturated heterocycles. The molecule has 3 nitrogen and oxygen atoms in total. The van der Waals surface area contributed by atoms with Gasteiger partial charge in [0.05, 0.1) is 18.1 Å². The average Bonchev–Trinajstić information content (AvgIpc) is 2.98. The van der Waals surface area contributed by atoms with E-state index in [9.17, 15) is 5.11 Å². The minimum Gasteiger partial charge on any atom is -0.389 e. The van der Waals surface area contributed by atoms with Crippen molar-refractivity contribution in [3.63, 3.8) is 0 Å². The predicted octanol–water partition coefficient (Wildman–Crippen LogP) is 3.59. The Morgan fingerprint density at radius 3 is 2.35 bits per heavy atom. The van der Waals surface area contributed by atoms with Gasteiger partial charge in [-0.25, -0.2) is 4.98 Å². The Kier molecular flexibility index (Phi) is 3.35. The van der Waals surface area contributed by atoms with Gasteiger partial charge in [-0.3, -0.25) is 0 Å². The van der Waals surface area contributed by atoms with Crippen LogP contribution in [-0.2, 0) is 0 Å². The number of rotatable bonds is 3. The van der Waals surface area contributed by atoms with Gasteiger partial charge in [0.25, 0.3) is 0 Å². The van der Waals surface area contributed by atoms with Crippen LogP contribution in [0.15, 0.2) is 67.1 Å². The van der Waals surface area contributed by atoms with Gasteiger partial charge in [0.2, 0.25) is 0 Å². The van der Waals surface area contributed by atoms with Crippen LogP contribution in [0.25, 0.3) is 16.9 Å². The Hall–Kier alpha value is -2.39. The van der Waals surface area contributed by atoms with Crippen LogP contribution >= 0.6 is 0 Å². The number of hydrogen-bond donors (Lipinski definition) is 1. The minimum atomic E-state index is -0.438. The van der Waals surface area contributed by atoms with Crippen LogP contribution < -0.4 is 0 Å². The first kappa shape index (κ1) is 12.6. The molecule has 20 heavy (non-hydrogen) atoms. The molecule has 0 spiro atoms. The molecule has 1 N–H and O–H groups in total. The summed E-state index contributed by atoms with van der Waals surface area (Å²) in [5.74, 6) is 0. The first-order valence-electron chi connectivity index (χ1n) is 6.62. The number of aliphatic hydroxyl groups is 1. The molecule has 100 valence electrons. The lowest BCUT2D eigenvalue weighted by molar-refractivity contribution is 0.199. The number of aromatic nitrogens is 2. The molecule has 3 heteroatoms. The molecule has 0 saturated carbocycles. The van der Waals surface area contributed by atoms with E-state index in [4.69, 9.17) is 0 Å². The molecule has 0 amide bonds. The van der Waals surface area contributed by atoms with Gasteiger partial charge in [-0.15, -0.1) is 0 Å². The second-order valence-corrected chi connectivity index (χ2v) is 4.80. The van der Waals surface area contributed by atoms with Crippen molar-refractivity contribution in [3.8, 4) is 16.9 Å². The van der Waals surface area contributed by atoms with Crippen LogP contribution in [0.4, 0.5) is 0 Å². The normalized spacial score (nSPS) is 12.3. The van der Waals surface area contributed by atoms with Gasteiger partial charge < -0.3 is 9.67 Å². The van der Waals surface area contributed by atoms with Gasteiger partial charge in [0.1, 0.15) is 0 Å². The summed E-state index contributed by atoms with van der Waals surface area (Å²) in [5.41, 5.74) is 4.00. The maximum atomic E-state index is 9.52. The smallest absolute Gasteiger partial charge is 0.0999 e. The summed E-state index contributed by atoms with van der Waals surface area (Å²) in [7, 11) is 0. The Balaban J connectivity index is 1.90. The highest BCUT2D eigenvalue weighted by molar-refractivity contribution is 5.58. The highest BCUT2D eigenvalue weighted by Crippen LogP contribution is 2.20. The van der Waals surface area contributed by atoms with Gasteiger partial charge in [-0.2, -0.15) is 0 Å². The highest BCUT2D eigenvalue weighted by Gasteiger charge is 2.04. The first-order valence-corrected chi connectivity index (χ1v) is 6.62. The molecule has 1 unspecified atom stereocenters. The monoisotopic (exact) mass is 264 g/mol. The molecule has 0 aliphatic heterocycles. The fourth-order valence-electron chi connectivity index (χ4n) is 2.15. The van der Waals surface area contributed by atoms with E-state index < -0.39 is 6.10 Å². The summed E-state index contributed by atoms with van der Waals surface area (Å²) in [6.07, 6.45) is 3.37. The van der Waals surface area contributed by atoms with E-state index in [1.807, 2.05) is 65.4 Å². The quantitative estimate of drug-likeness (QED) is 0.785. The Morgan fingerprint density at radius 1 is 1.00 bits per heavy atom. The van der Waals surface area contributed by atoms with Crippen LogP contribution in [0.3, 0.4) is 0 Å². The van der Waals surface area contributed by atoms with Crippen molar-refractivity contribution in [1.82, 2.24) is 9.55 Å². The molecule has 2 aromatic carbocycles. The largest absolute Gasteiger partial charge is 0.389 e. The van der Waals surface area contributed by atoms with Gasteiger partial charge in [0.15, 0.2) is 0 Å². The fraction of sp³-hybridized carbons (Fsp3) is 0.118. The minimum absolute atomic E-state index is 0.438. The van der Waals surface area contributed by atoms with E-state index >= 15 is 0 Å². The van der Waals surface area contributed by atoms with Gasteiger partial charge >= 0.3 is 0 Å². The number of hydrogen-bond acceptors (Lipinski definition) is 2. The third kappa shape index (κ3) is 2.49. The van der Waals surface area contributed by atoms with Crippen LogP contribution in [0, 0.1) is 0 Å². The number of aliphatic hydroxyl groups excluding tert-OH is 1. The predicted molar refractivity (Wildman–Crippen MR) is 79.6 cm³/mol. The van der Waals surface area contributed by atoms with E-state index in [2.05, 4.69) is 4.98 Å². The van der Waals surface area contributed by atoms with Crippen LogP contribution in [0.1, 0.15) is 18.6 Å². The molecular formula is C17H16N2O. The molecular weight excluding hydrogens is 248 g/mol. The molecule has 0 bridgehead atoms. The Morgan fingerprint density at radius 2 is 1.70 bits per heavy atom. The van der Waals surface area contributed by atoms with Gasteiger partial charge in [-0.1, -0.05) is 42.5 Å². The van der Waals surface area contributed by atoms with Crippen molar-refractivity contribution in [2.75, 3.05) is 0 Å². The molecule has 1 heterocycles. The maximum Gasteiger partial charge on any atom is 0.0999 e. The summed E-state index contributed by atoms with van der Waals surface area (Å²) < 4.78 is 1.98. The molecule has 0 aliphatic carbocycles. The average molecular weight is 264 g/mol. The Labute approximate surface area is 118 Å². The van der Waals surface area contributed by atoms with Crippen LogP contribution in [-0.4, -0.2) is 14.7 Å². The summed E-state index contributed by atoms with van der Waals surface area (Å²) in [6.45, 7) is 1.76. The zero-order valence-electron chi connectivity index (χ0n) is 11.3. The number of imidazole rings is 1. The van der Waals surface area contributed by atoms with E-state index in [0.717, 1.165) is 22.5 Å². The zero-order chi connectivity index (χ0) is 13.9. The standard InChI is InChI=1S/C17H16N2O/c1-13(20)14-7-9-16(10-8-14)19-11-17(18-12-19)15-5-3-2-4-6-15/h2-13,20H,1H3. The second kappa shape index (κ2) is 5.31. The van der Waals surface area contributed by atoms with E-state index in [1.54, 1.807) is 13.3 Å². The first-order chi connectivity index (χ1) is 9.74. The zero-order valence-corrected chi connectivity index (χ0v) is 11.3. The molecule has 3 aromatic rings.